The van der Waals surface area contributed by atoms with E-state index in [0.29, 0.717) is 12.2 Å². The molecule has 0 radical (unpaired) electrons. The number of para-hydroxylation sites is 1. The van der Waals surface area contributed by atoms with E-state index in [1.54, 1.807) is 6.08 Å². The fraction of sp³-hybridized carbons (Fsp3) is 0.542. The van der Waals surface area contributed by atoms with E-state index in [2.05, 4.69) is 11.4 Å². The number of halogens is 3. The van der Waals surface area contributed by atoms with Crippen LogP contribution in [0, 0.1) is 11.8 Å². The summed E-state index contributed by atoms with van der Waals surface area (Å²) in [5.41, 5.74) is 2.28. The summed E-state index contributed by atoms with van der Waals surface area (Å²) in [7, 11) is 0. The van der Waals surface area contributed by atoms with Crippen molar-refractivity contribution in [2.75, 3.05) is 18.0 Å². The molecule has 1 aromatic carbocycles. The Morgan fingerprint density at radius 1 is 1.18 bits per heavy atom. The molecule has 180 valence electrons. The predicted molar refractivity (Wildman–Crippen MR) is 117 cm³/mol. The number of carbonyl (C=O) groups is 3. The van der Waals surface area contributed by atoms with Gasteiger partial charge in [-0.15, -0.1) is 0 Å². The average Bonchev–Trinajstić information content (AvgIpc) is 3.11. The van der Waals surface area contributed by atoms with E-state index in [1.807, 2.05) is 29.2 Å². The third kappa shape index (κ3) is 6.90. The van der Waals surface area contributed by atoms with Gasteiger partial charge < -0.3 is 15.3 Å². The van der Waals surface area contributed by atoms with Gasteiger partial charge in [0.25, 0.3) is 5.91 Å². The van der Waals surface area contributed by atoms with Gasteiger partial charge >= 0.3 is 12.1 Å². The van der Waals surface area contributed by atoms with Crippen LogP contribution in [0.3, 0.4) is 0 Å². The first kappa shape index (κ1) is 25.0. The summed E-state index contributed by atoms with van der Waals surface area (Å²) in [6.45, 7) is 1.70. The molecule has 2 fully saturated rings. The van der Waals surface area contributed by atoms with Gasteiger partial charge in [0.1, 0.15) is 5.78 Å². The molecule has 6 nitrogen and oxygen atoms in total. The number of rotatable bonds is 7. The highest BCUT2D eigenvalue weighted by Crippen LogP contribution is 2.34. The summed E-state index contributed by atoms with van der Waals surface area (Å²) in [6.07, 6.45) is 5.98. The van der Waals surface area contributed by atoms with Crippen molar-refractivity contribution in [2.24, 2.45) is 11.8 Å². The van der Waals surface area contributed by atoms with Gasteiger partial charge in [-0.1, -0.05) is 43.5 Å². The largest absolute Gasteiger partial charge is 0.490 e. The zero-order valence-corrected chi connectivity index (χ0v) is 18.3. The van der Waals surface area contributed by atoms with Crippen molar-refractivity contribution in [2.45, 2.75) is 57.2 Å². The summed E-state index contributed by atoms with van der Waals surface area (Å²) < 4.78 is 31.7. The molecule has 4 rings (SSSR count). The number of carboxylic acid groups (broad SMARTS) is 1. The Bertz CT molecular complexity index is 892. The third-order valence-corrected chi connectivity index (χ3v) is 6.44. The summed E-state index contributed by atoms with van der Waals surface area (Å²) in [5.74, 6) is -1.48. The van der Waals surface area contributed by atoms with E-state index in [1.165, 1.54) is 24.8 Å². The molecule has 0 unspecified atom stereocenters. The molecular weight excluding hydrogens is 437 g/mol. The smallest absolute Gasteiger partial charge is 0.475 e. The topological polar surface area (TPSA) is 86.7 Å². The number of nitrogens with zero attached hydrogens (tertiary/aromatic N) is 1. The quantitative estimate of drug-likeness (QED) is 0.596. The van der Waals surface area contributed by atoms with E-state index in [9.17, 15) is 22.8 Å². The normalized spacial score (nSPS) is 20.8. The van der Waals surface area contributed by atoms with Crippen LogP contribution in [-0.4, -0.2) is 48.1 Å². The number of allylic oxidation sites excluding steroid dienone is 1. The van der Waals surface area contributed by atoms with E-state index >= 15 is 0 Å². The molecule has 1 aliphatic carbocycles. The number of nitrogens with one attached hydrogen (secondary N) is 1. The monoisotopic (exact) mass is 466 g/mol. The van der Waals surface area contributed by atoms with Gasteiger partial charge in [-0.3, -0.25) is 9.59 Å². The maximum absolute atomic E-state index is 12.7. The maximum Gasteiger partial charge on any atom is 0.490 e. The molecule has 2 N–H and O–H groups in total. The zero-order chi connectivity index (χ0) is 24.0. The minimum Gasteiger partial charge on any atom is -0.475 e. The lowest BCUT2D eigenvalue weighted by atomic mass is 9.77. The minimum atomic E-state index is -5.08. The summed E-state index contributed by atoms with van der Waals surface area (Å²) in [6, 6.07) is 8.17. The highest BCUT2D eigenvalue weighted by molar-refractivity contribution is 6.02. The zero-order valence-electron chi connectivity index (χ0n) is 18.3. The number of fused-ring (bicyclic) bond motifs is 1. The average molecular weight is 467 g/mol. The van der Waals surface area contributed by atoms with Gasteiger partial charge in [-0.05, 0) is 55.3 Å². The number of benzene rings is 1. The van der Waals surface area contributed by atoms with E-state index < -0.39 is 12.1 Å². The number of Topliss-reactive ketones (excluding diaryl/α,β-unsaturated/α-hetero) is 1. The van der Waals surface area contributed by atoms with Crippen LogP contribution in [0.5, 0.6) is 0 Å². The lowest BCUT2D eigenvalue weighted by Gasteiger charge is -2.31. The lowest BCUT2D eigenvalue weighted by Crippen LogP contribution is -2.48. The van der Waals surface area contributed by atoms with Gasteiger partial charge in [0.05, 0.1) is 6.04 Å². The Labute approximate surface area is 190 Å². The van der Waals surface area contributed by atoms with Gasteiger partial charge in [0, 0.05) is 18.7 Å². The molecule has 1 saturated carbocycles. The van der Waals surface area contributed by atoms with Gasteiger partial charge in [0.15, 0.2) is 0 Å². The second-order valence-electron chi connectivity index (χ2n) is 8.79. The number of anilines is 1. The van der Waals surface area contributed by atoms with Gasteiger partial charge in [0.2, 0.25) is 0 Å². The van der Waals surface area contributed by atoms with Crippen molar-refractivity contribution in [3.8, 4) is 0 Å². The molecule has 2 aliphatic heterocycles. The number of carbonyl (C=O) groups excluding carboxylic acids is 2. The number of hydrogen-bond acceptors (Lipinski definition) is 4. The molecule has 2 atom stereocenters. The standard InChI is InChI=1S/C22H28N2O2.C2HF3O2/c25-21(19-10-12-23-19)15-17(14-16-4-3-5-16)8-9-22(26)24-13-11-18-6-1-2-7-20(18)24;3-2(4,5)1(6)7/h1-2,6-9,16-17,19,23H,3-5,10-15H2;(H,6,7)/b9-8+;/t17-,19+;/m1./s1. The molecule has 0 aromatic heterocycles. The Hall–Kier alpha value is -2.68. The first-order valence-electron chi connectivity index (χ1n) is 11.3. The van der Waals surface area contributed by atoms with Crippen LogP contribution in [0.25, 0.3) is 0 Å². The van der Waals surface area contributed by atoms with Crippen LogP contribution < -0.4 is 10.2 Å². The minimum absolute atomic E-state index is 0.0442. The van der Waals surface area contributed by atoms with Crippen LogP contribution in [-0.2, 0) is 20.8 Å². The van der Waals surface area contributed by atoms with Crippen molar-refractivity contribution < 1.29 is 32.7 Å². The number of carboxylic acids is 1. The van der Waals surface area contributed by atoms with Crippen molar-refractivity contribution in [3.63, 3.8) is 0 Å². The molecule has 33 heavy (non-hydrogen) atoms. The molecule has 3 aliphatic rings. The number of aliphatic carboxylic acids is 1. The molecule has 2 heterocycles. The maximum atomic E-state index is 12.7. The Balaban J connectivity index is 0.000000383. The van der Waals surface area contributed by atoms with E-state index in [-0.39, 0.29) is 17.9 Å². The predicted octanol–water partition coefficient (Wildman–Crippen LogP) is 3.89. The third-order valence-electron chi connectivity index (χ3n) is 6.44. The van der Waals surface area contributed by atoms with Gasteiger partial charge in [-0.2, -0.15) is 13.2 Å². The molecule has 0 bridgehead atoms. The van der Waals surface area contributed by atoms with Crippen molar-refractivity contribution in [1.82, 2.24) is 5.32 Å². The SMILES string of the molecule is O=C(C[C@H](/C=C/C(=O)N1CCc2ccccc21)CC1CCC1)[C@@H]1CCN1.O=C(O)C(F)(F)F. The number of ketones is 1. The van der Waals surface area contributed by atoms with Crippen LogP contribution in [0.1, 0.15) is 44.1 Å². The highest BCUT2D eigenvalue weighted by atomic mass is 19.4. The number of amides is 1. The molecule has 0 spiro atoms. The lowest BCUT2D eigenvalue weighted by molar-refractivity contribution is -0.192. The molecule has 1 aromatic rings. The van der Waals surface area contributed by atoms with Gasteiger partial charge in [-0.25, -0.2) is 4.79 Å². The van der Waals surface area contributed by atoms with Crippen LogP contribution in [0.2, 0.25) is 0 Å². The van der Waals surface area contributed by atoms with Crippen molar-refractivity contribution in [1.29, 1.82) is 0 Å². The van der Waals surface area contributed by atoms with E-state index in [4.69, 9.17) is 9.90 Å². The molecule has 1 amide bonds. The molecule has 1 saturated heterocycles. The molecule has 9 heteroatoms. The van der Waals surface area contributed by atoms with Crippen LogP contribution >= 0.6 is 0 Å². The highest BCUT2D eigenvalue weighted by Gasteiger charge is 2.38. The fourth-order valence-electron chi connectivity index (χ4n) is 4.23. The molecular formula is C24H29F3N2O4. The summed E-state index contributed by atoms with van der Waals surface area (Å²) in [4.78, 5) is 35.9. The van der Waals surface area contributed by atoms with E-state index in [0.717, 1.165) is 44.0 Å². The second kappa shape index (κ2) is 11.0. The Morgan fingerprint density at radius 3 is 2.39 bits per heavy atom. The Morgan fingerprint density at radius 2 is 1.85 bits per heavy atom. The fourth-order valence-corrected chi connectivity index (χ4v) is 4.23. The number of alkyl halides is 3. The first-order chi connectivity index (χ1) is 15.6. The first-order valence-corrected chi connectivity index (χ1v) is 11.3. The van der Waals surface area contributed by atoms with Crippen molar-refractivity contribution in [3.05, 3.63) is 42.0 Å². The summed E-state index contributed by atoms with van der Waals surface area (Å²) >= 11 is 0. The van der Waals surface area contributed by atoms with Crippen LogP contribution in [0.4, 0.5) is 18.9 Å². The Kier molecular flexibility index (Phi) is 8.29. The summed E-state index contributed by atoms with van der Waals surface area (Å²) in [5, 5.41) is 10.3. The number of hydrogen-bond donors (Lipinski definition) is 2. The van der Waals surface area contributed by atoms with Crippen LogP contribution in [0.15, 0.2) is 36.4 Å². The second-order valence-corrected chi connectivity index (χ2v) is 8.79. The van der Waals surface area contributed by atoms with Crippen molar-refractivity contribution >= 4 is 23.3 Å².